The molecule has 1 fully saturated rings. The van der Waals surface area contributed by atoms with Crippen molar-refractivity contribution in [2.75, 3.05) is 17.6 Å². The van der Waals surface area contributed by atoms with Crippen molar-refractivity contribution < 1.29 is 26.1 Å². The van der Waals surface area contributed by atoms with Crippen molar-refractivity contribution in [2.24, 2.45) is 5.92 Å². The van der Waals surface area contributed by atoms with Gasteiger partial charge in [-0.05, 0) is 31.5 Å². The van der Waals surface area contributed by atoms with E-state index in [2.05, 4.69) is 22.6 Å². The van der Waals surface area contributed by atoms with Gasteiger partial charge in [-0.2, -0.15) is 8.42 Å². The molecule has 0 unspecified atom stereocenters. The number of hydrogen-bond acceptors (Lipinski definition) is 4. The highest BCUT2D eigenvalue weighted by Gasteiger charge is 2.43. The Balaban J connectivity index is 1.70. The number of benzene rings is 2. The Hall–Kier alpha value is -1.10. The molecule has 3 rings (SSSR count). The highest BCUT2D eigenvalue weighted by atomic mass is 127. The zero-order chi connectivity index (χ0) is 19.7. The number of aryl methyl sites for hydroxylation is 1. The highest BCUT2D eigenvalue weighted by molar-refractivity contribution is 14.1. The maximum Gasteiger partial charge on any atom is 0.296 e. The van der Waals surface area contributed by atoms with E-state index in [0.29, 0.717) is 10.8 Å². The molecule has 27 heavy (non-hydrogen) atoms. The van der Waals surface area contributed by atoms with Gasteiger partial charge < -0.3 is 4.74 Å². The van der Waals surface area contributed by atoms with Crippen LogP contribution in [0.5, 0.6) is 0 Å². The van der Waals surface area contributed by atoms with Crippen LogP contribution in [-0.2, 0) is 24.6 Å². The number of ether oxygens (including phenoxy) is 1. The van der Waals surface area contributed by atoms with Crippen LogP contribution in [0.2, 0.25) is 0 Å². The first-order chi connectivity index (χ1) is 12.8. The van der Waals surface area contributed by atoms with Crippen molar-refractivity contribution in [3.8, 4) is 0 Å². The van der Waals surface area contributed by atoms with Crippen molar-refractivity contribution in [1.82, 2.24) is 0 Å². The molecule has 8 heteroatoms. The summed E-state index contributed by atoms with van der Waals surface area (Å²) in [6, 6.07) is 9.81. The van der Waals surface area contributed by atoms with Crippen molar-refractivity contribution in [1.29, 1.82) is 0 Å². The van der Waals surface area contributed by atoms with Crippen molar-refractivity contribution in [3.05, 3.63) is 65.2 Å². The second-order valence-electron chi connectivity index (χ2n) is 6.68. The van der Waals surface area contributed by atoms with Gasteiger partial charge in [-0.3, -0.25) is 4.18 Å². The van der Waals surface area contributed by atoms with Gasteiger partial charge in [-0.1, -0.05) is 46.4 Å². The van der Waals surface area contributed by atoms with Gasteiger partial charge in [0.05, 0.1) is 18.1 Å². The summed E-state index contributed by atoms with van der Waals surface area (Å²) in [6.45, 7) is 2.05. The molecule has 146 valence electrons. The summed E-state index contributed by atoms with van der Waals surface area (Å²) in [4.78, 5) is 0.0942. The Morgan fingerprint density at radius 1 is 1.22 bits per heavy atom. The average Bonchev–Trinajstić information content (AvgIpc) is 3.05. The normalized spacial score (nSPS) is 22.9. The van der Waals surface area contributed by atoms with Crippen LogP contribution in [0.1, 0.15) is 17.5 Å². The molecule has 1 aliphatic rings. The lowest BCUT2D eigenvalue weighted by molar-refractivity contribution is 0.0188. The predicted molar refractivity (Wildman–Crippen MR) is 105 cm³/mol. The van der Waals surface area contributed by atoms with E-state index in [1.807, 2.05) is 6.92 Å². The average molecular weight is 508 g/mol. The van der Waals surface area contributed by atoms with Crippen LogP contribution < -0.4 is 0 Å². The number of alkyl halides is 1. The molecule has 1 heterocycles. The molecule has 0 radical (unpaired) electrons. The molecule has 2 atom stereocenters. The number of halogens is 3. The fourth-order valence-electron chi connectivity index (χ4n) is 3.14. The van der Waals surface area contributed by atoms with Crippen molar-refractivity contribution in [2.45, 2.75) is 23.8 Å². The lowest BCUT2D eigenvalue weighted by Gasteiger charge is -2.27. The fourth-order valence-corrected chi connectivity index (χ4v) is 5.06. The molecule has 0 aliphatic carbocycles. The Morgan fingerprint density at radius 3 is 2.56 bits per heavy atom. The molecule has 0 spiro atoms. The Morgan fingerprint density at radius 2 is 1.93 bits per heavy atom. The third kappa shape index (κ3) is 4.49. The molecule has 0 bridgehead atoms. The summed E-state index contributed by atoms with van der Waals surface area (Å²) in [5, 5.41) is 0. The molecule has 1 aliphatic heterocycles. The van der Waals surface area contributed by atoms with Crippen LogP contribution in [-0.4, -0.2) is 26.1 Å². The molecule has 0 saturated carbocycles. The highest BCUT2D eigenvalue weighted by Crippen LogP contribution is 2.42. The Labute approximate surface area is 171 Å². The van der Waals surface area contributed by atoms with E-state index < -0.39 is 27.4 Å². The van der Waals surface area contributed by atoms with Crippen LogP contribution >= 0.6 is 22.6 Å². The zero-order valence-electron chi connectivity index (χ0n) is 14.6. The van der Waals surface area contributed by atoms with E-state index in [9.17, 15) is 17.2 Å². The molecule has 0 amide bonds. The van der Waals surface area contributed by atoms with Gasteiger partial charge in [0.15, 0.2) is 0 Å². The van der Waals surface area contributed by atoms with Gasteiger partial charge in [0.25, 0.3) is 10.1 Å². The third-order valence-corrected chi connectivity index (χ3v) is 7.15. The summed E-state index contributed by atoms with van der Waals surface area (Å²) in [5.74, 6) is -1.54. The van der Waals surface area contributed by atoms with E-state index >= 15 is 0 Å². The minimum absolute atomic E-state index is 0.0581. The third-order valence-electron chi connectivity index (χ3n) is 4.62. The van der Waals surface area contributed by atoms with E-state index in [1.54, 1.807) is 12.1 Å². The zero-order valence-corrected chi connectivity index (χ0v) is 17.6. The first-order valence-corrected chi connectivity index (χ1v) is 11.3. The van der Waals surface area contributed by atoms with Crippen LogP contribution in [0.15, 0.2) is 47.4 Å². The van der Waals surface area contributed by atoms with Crippen LogP contribution in [0.3, 0.4) is 0 Å². The Kier molecular flexibility index (Phi) is 6.19. The number of hydrogen-bond donors (Lipinski definition) is 0. The van der Waals surface area contributed by atoms with E-state index in [0.717, 1.165) is 11.6 Å². The summed E-state index contributed by atoms with van der Waals surface area (Å²) in [5.41, 5.74) is 0.313. The maximum atomic E-state index is 14.2. The monoisotopic (exact) mass is 508 g/mol. The summed E-state index contributed by atoms with van der Waals surface area (Å²) in [7, 11) is -3.87. The van der Waals surface area contributed by atoms with Gasteiger partial charge in [0.2, 0.25) is 0 Å². The quantitative estimate of drug-likeness (QED) is 0.331. The van der Waals surface area contributed by atoms with E-state index in [1.165, 1.54) is 24.3 Å². The SMILES string of the molecule is Cc1ccc(S(=O)(=O)OC[C@@H]2CO[C@@](CI)(c3ccc(F)cc3F)C2)cc1. The molecular formula is C19H19F2IO4S. The topological polar surface area (TPSA) is 52.6 Å². The van der Waals surface area contributed by atoms with Crippen molar-refractivity contribution >= 4 is 32.7 Å². The standard InChI is InChI=1S/C19H19F2IO4S/c1-13-2-5-16(6-3-13)27(23,24)26-11-14-9-19(12-22,25-10-14)17-7-4-15(20)8-18(17)21/h2-8,14H,9-12H2,1H3/t14-,19-/m0/s1. The van der Waals surface area contributed by atoms with Crippen molar-refractivity contribution in [3.63, 3.8) is 0 Å². The molecule has 0 N–H and O–H groups in total. The first-order valence-electron chi connectivity index (χ1n) is 8.37. The van der Waals surface area contributed by atoms with Crippen LogP contribution in [0, 0.1) is 24.5 Å². The number of rotatable bonds is 6. The van der Waals surface area contributed by atoms with Gasteiger partial charge in [0, 0.05) is 22.0 Å². The molecular weight excluding hydrogens is 489 g/mol. The molecule has 2 aromatic rings. The molecule has 4 nitrogen and oxygen atoms in total. The van der Waals surface area contributed by atoms with E-state index in [-0.39, 0.29) is 29.6 Å². The second kappa shape index (κ2) is 8.10. The van der Waals surface area contributed by atoms with Crippen LogP contribution in [0.4, 0.5) is 8.78 Å². The largest absolute Gasteiger partial charge is 0.369 e. The maximum absolute atomic E-state index is 14.2. The first kappa shape index (κ1) is 20.6. The summed E-state index contributed by atoms with van der Waals surface area (Å²) < 4.78 is 63.6. The lowest BCUT2D eigenvalue weighted by atomic mass is 9.89. The van der Waals surface area contributed by atoms with Gasteiger partial charge in [-0.25, -0.2) is 8.78 Å². The smallest absolute Gasteiger partial charge is 0.296 e. The minimum atomic E-state index is -3.87. The molecule has 2 aromatic carbocycles. The summed E-state index contributed by atoms with van der Waals surface area (Å²) >= 11 is 2.09. The molecule has 0 aromatic heterocycles. The second-order valence-corrected chi connectivity index (χ2v) is 9.06. The van der Waals surface area contributed by atoms with E-state index in [4.69, 9.17) is 8.92 Å². The predicted octanol–water partition coefficient (Wildman–Crippen LogP) is 4.35. The van der Waals surface area contributed by atoms with Crippen LogP contribution in [0.25, 0.3) is 0 Å². The summed E-state index contributed by atoms with van der Waals surface area (Å²) in [6.07, 6.45) is 0.391. The minimum Gasteiger partial charge on any atom is -0.369 e. The fraction of sp³-hybridized carbons (Fsp3) is 0.368. The Bertz CT molecular complexity index is 918. The lowest BCUT2D eigenvalue weighted by Crippen LogP contribution is -2.28. The van der Waals surface area contributed by atoms with Gasteiger partial charge >= 0.3 is 0 Å². The molecule has 1 saturated heterocycles. The van der Waals surface area contributed by atoms with Gasteiger partial charge in [-0.15, -0.1) is 0 Å². The van der Waals surface area contributed by atoms with Gasteiger partial charge in [0.1, 0.15) is 17.2 Å².